The predicted molar refractivity (Wildman–Crippen MR) is 225 cm³/mol. The Hall–Kier alpha value is -5.80. The van der Waals surface area contributed by atoms with Gasteiger partial charge in [-0.25, -0.2) is 0 Å². The molecule has 3 aliphatic rings. The molecule has 0 aromatic heterocycles. The van der Waals surface area contributed by atoms with Gasteiger partial charge in [-0.15, -0.1) is 0 Å². The zero-order valence-electron chi connectivity index (χ0n) is 31.9. The fourth-order valence-electron chi connectivity index (χ4n) is 8.73. The molecule has 1 heterocycles. The molecule has 0 radical (unpaired) electrons. The summed E-state index contributed by atoms with van der Waals surface area (Å²) in [5, 5.41) is 0. The summed E-state index contributed by atoms with van der Waals surface area (Å²) in [5.74, 6) is 0.329. The van der Waals surface area contributed by atoms with Crippen LogP contribution in [0.2, 0.25) is 0 Å². The fraction of sp³-hybridized carbons (Fsp3) is 0.200. The normalized spacial score (nSPS) is 16.3. The summed E-state index contributed by atoms with van der Waals surface area (Å²) in [5.41, 5.74) is 21.6. The van der Waals surface area contributed by atoms with Crippen molar-refractivity contribution in [3.05, 3.63) is 190 Å². The molecule has 9 rings (SSSR count). The number of fused-ring (bicyclic) bond motifs is 6. The minimum Gasteiger partial charge on any atom is -0.347 e. The van der Waals surface area contributed by atoms with Crippen LogP contribution in [-0.2, 0) is 5.41 Å². The van der Waals surface area contributed by atoms with Crippen LogP contribution in [0.4, 0.5) is 34.1 Å². The highest BCUT2D eigenvalue weighted by atomic mass is 15.2. The summed E-state index contributed by atoms with van der Waals surface area (Å²) in [6, 6.07) is 47.7. The van der Waals surface area contributed by atoms with E-state index in [1.54, 1.807) is 0 Å². The number of hydrogen-bond acceptors (Lipinski definition) is 3. The number of likely N-dealkylation sites (N-methyl/N-ethyl adjacent to an activating group) is 1. The summed E-state index contributed by atoms with van der Waals surface area (Å²) in [6.07, 6.45) is 5.83. The van der Waals surface area contributed by atoms with E-state index in [2.05, 4.69) is 203 Å². The Kier molecular flexibility index (Phi) is 7.74. The quantitative estimate of drug-likeness (QED) is 0.172. The van der Waals surface area contributed by atoms with Gasteiger partial charge in [-0.2, -0.15) is 0 Å². The van der Waals surface area contributed by atoms with Gasteiger partial charge < -0.3 is 14.7 Å². The molecule has 1 aliphatic heterocycles. The van der Waals surface area contributed by atoms with Crippen molar-refractivity contribution < 1.29 is 0 Å². The van der Waals surface area contributed by atoms with Crippen molar-refractivity contribution in [3.8, 4) is 11.1 Å². The maximum atomic E-state index is 2.54. The van der Waals surface area contributed by atoms with Crippen molar-refractivity contribution in [1.82, 2.24) is 0 Å². The summed E-state index contributed by atoms with van der Waals surface area (Å²) < 4.78 is 0. The molecule has 6 aromatic carbocycles. The molecule has 2 aliphatic carbocycles. The van der Waals surface area contributed by atoms with Crippen molar-refractivity contribution in [2.45, 2.75) is 59.3 Å². The van der Waals surface area contributed by atoms with Gasteiger partial charge in [0.2, 0.25) is 0 Å². The second-order valence-corrected chi connectivity index (χ2v) is 15.9. The van der Waals surface area contributed by atoms with Crippen molar-refractivity contribution in [2.24, 2.45) is 0 Å². The average Bonchev–Trinajstić information content (AvgIpc) is 3.56. The summed E-state index contributed by atoms with van der Waals surface area (Å²) in [6.45, 7) is 13.4. The molecule has 6 aromatic rings. The van der Waals surface area contributed by atoms with Crippen LogP contribution in [-0.4, -0.2) is 7.05 Å². The molecule has 0 amide bonds. The number of anilines is 6. The van der Waals surface area contributed by atoms with Gasteiger partial charge in [-0.3, -0.25) is 0 Å². The van der Waals surface area contributed by atoms with Crippen molar-refractivity contribution in [2.75, 3.05) is 21.7 Å². The van der Waals surface area contributed by atoms with Gasteiger partial charge in [0.05, 0.1) is 0 Å². The van der Waals surface area contributed by atoms with Gasteiger partial charge in [0.1, 0.15) is 0 Å². The van der Waals surface area contributed by atoms with E-state index in [0.717, 1.165) is 6.42 Å². The maximum Gasteiger partial charge on any atom is 0.0465 e. The largest absolute Gasteiger partial charge is 0.347 e. The molecule has 0 saturated carbocycles. The average molecular weight is 690 g/mol. The third kappa shape index (κ3) is 5.49. The number of aryl methyl sites for hydroxylation is 4. The first-order chi connectivity index (χ1) is 25.6. The second kappa shape index (κ2) is 12.4. The molecule has 1 unspecified atom stereocenters. The Morgan fingerprint density at radius 3 is 1.49 bits per heavy atom. The molecule has 3 heteroatoms. The summed E-state index contributed by atoms with van der Waals surface area (Å²) in [4.78, 5) is 7.25. The number of rotatable bonds is 6. The topological polar surface area (TPSA) is 9.72 Å². The summed E-state index contributed by atoms with van der Waals surface area (Å²) in [7, 11) is 2.26. The minimum atomic E-state index is -0.143. The lowest BCUT2D eigenvalue weighted by Gasteiger charge is -2.31. The van der Waals surface area contributed by atoms with E-state index < -0.39 is 0 Å². The monoisotopic (exact) mass is 689 g/mol. The smallest absolute Gasteiger partial charge is 0.0465 e. The fourth-order valence-corrected chi connectivity index (χ4v) is 8.73. The Morgan fingerprint density at radius 1 is 0.528 bits per heavy atom. The molecule has 0 bridgehead atoms. The highest BCUT2D eigenvalue weighted by molar-refractivity contribution is 5.89. The Bertz CT molecular complexity index is 2340. The molecule has 3 nitrogen and oxygen atoms in total. The van der Waals surface area contributed by atoms with Crippen LogP contribution in [0.25, 0.3) is 11.1 Å². The molecule has 0 fully saturated rings. The standard InChI is InChI=1S/C50H47N3/c1-32-8-16-36(17-9-32)52(37-18-10-33(2)11-19-37)40-24-26-42-44-31-49-45(30-47(44)50(5,6)46(42)28-40)43-27-25-41(29-48(43)51(49)7)53(38-20-12-34(3)13-21-38)39-22-14-35(4)15-23-39/h8-26,28-31,43H,27H2,1-7H3. The van der Waals surface area contributed by atoms with Crippen molar-refractivity contribution in [1.29, 1.82) is 0 Å². The predicted octanol–water partition coefficient (Wildman–Crippen LogP) is 13.2. The first-order valence-corrected chi connectivity index (χ1v) is 18.9. The molecule has 53 heavy (non-hydrogen) atoms. The number of nitrogens with zero attached hydrogens (tertiary/aromatic N) is 3. The van der Waals surface area contributed by atoms with Gasteiger partial charge >= 0.3 is 0 Å². The van der Waals surface area contributed by atoms with E-state index in [1.807, 2.05) is 0 Å². The van der Waals surface area contributed by atoms with Crippen LogP contribution in [0.1, 0.15) is 65.1 Å². The maximum absolute atomic E-state index is 2.54. The zero-order chi connectivity index (χ0) is 36.6. The molecular weight excluding hydrogens is 643 g/mol. The minimum absolute atomic E-state index is 0.143. The highest BCUT2D eigenvalue weighted by Crippen LogP contribution is 2.56. The Morgan fingerprint density at radius 2 is 0.981 bits per heavy atom. The SMILES string of the molecule is Cc1ccc(N(C2=CCC3C(=C2)N(C)c2cc4c(cc23)C(C)(C)c2cc(N(c3ccc(C)cc3)c3ccc(C)cc3)ccc2-4)c2ccc(C)cc2)cc1. The van der Waals surface area contributed by atoms with E-state index in [-0.39, 0.29) is 5.41 Å². The van der Waals surface area contributed by atoms with Crippen LogP contribution < -0.4 is 14.7 Å². The van der Waals surface area contributed by atoms with Crippen molar-refractivity contribution >= 4 is 34.1 Å². The molecule has 1 atom stereocenters. The van der Waals surface area contributed by atoms with Crippen LogP contribution in [0.5, 0.6) is 0 Å². The zero-order valence-corrected chi connectivity index (χ0v) is 31.9. The van der Waals surface area contributed by atoms with E-state index in [1.165, 1.54) is 95.6 Å². The highest BCUT2D eigenvalue weighted by Gasteiger charge is 2.41. The van der Waals surface area contributed by atoms with Crippen LogP contribution >= 0.6 is 0 Å². The molecule has 0 saturated heterocycles. The second-order valence-electron chi connectivity index (χ2n) is 15.9. The Labute approximate surface area is 315 Å². The van der Waals surface area contributed by atoms with Gasteiger partial charge in [0.15, 0.2) is 0 Å². The van der Waals surface area contributed by atoms with E-state index in [0.29, 0.717) is 5.92 Å². The first-order valence-electron chi connectivity index (χ1n) is 18.9. The third-order valence-corrected chi connectivity index (χ3v) is 11.8. The molecule has 262 valence electrons. The molecule has 0 spiro atoms. The lowest BCUT2D eigenvalue weighted by Crippen LogP contribution is -2.21. The molecular formula is C50H47N3. The van der Waals surface area contributed by atoms with E-state index in [9.17, 15) is 0 Å². The number of allylic oxidation sites excluding steroid dienone is 3. The third-order valence-electron chi connectivity index (χ3n) is 11.8. The van der Waals surface area contributed by atoms with Gasteiger partial charge in [0, 0.05) is 63.9 Å². The Balaban J connectivity index is 1.09. The van der Waals surface area contributed by atoms with E-state index in [4.69, 9.17) is 0 Å². The first kappa shape index (κ1) is 33.1. The van der Waals surface area contributed by atoms with Gasteiger partial charge in [-0.1, -0.05) is 103 Å². The van der Waals surface area contributed by atoms with Crippen LogP contribution in [0, 0.1) is 27.7 Å². The number of benzene rings is 6. The summed E-state index contributed by atoms with van der Waals surface area (Å²) >= 11 is 0. The van der Waals surface area contributed by atoms with E-state index >= 15 is 0 Å². The van der Waals surface area contributed by atoms with Crippen LogP contribution in [0.3, 0.4) is 0 Å². The lowest BCUT2D eigenvalue weighted by molar-refractivity contribution is 0.658. The van der Waals surface area contributed by atoms with Gasteiger partial charge in [-0.05, 0) is 135 Å². The van der Waals surface area contributed by atoms with Crippen molar-refractivity contribution in [3.63, 3.8) is 0 Å². The van der Waals surface area contributed by atoms with Gasteiger partial charge in [0.25, 0.3) is 0 Å². The molecule has 0 N–H and O–H groups in total. The lowest BCUT2D eigenvalue weighted by atomic mass is 9.80. The number of hydrogen-bond donors (Lipinski definition) is 0. The van der Waals surface area contributed by atoms with Crippen LogP contribution in [0.15, 0.2) is 151 Å².